The predicted molar refractivity (Wildman–Crippen MR) is 105 cm³/mol. The summed E-state index contributed by atoms with van der Waals surface area (Å²) in [5.41, 5.74) is 1.71. The van der Waals surface area contributed by atoms with Gasteiger partial charge in [-0.25, -0.2) is 4.39 Å². The van der Waals surface area contributed by atoms with E-state index in [1.165, 1.54) is 12.1 Å². The fourth-order valence-corrected chi connectivity index (χ4v) is 2.80. The highest BCUT2D eigenvalue weighted by molar-refractivity contribution is 5.33. The lowest BCUT2D eigenvalue weighted by atomic mass is 10.1. The third kappa shape index (κ3) is 7.67. The Morgan fingerprint density at radius 2 is 1.70 bits per heavy atom. The van der Waals surface area contributed by atoms with Crippen molar-refractivity contribution in [2.75, 3.05) is 20.3 Å². The van der Waals surface area contributed by atoms with Crippen LogP contribution >= 0.6 is 0 Å². The van der Waals surface area contributed by atoms with Crippen LogP contribution in [0.4, 0.5) is 4.39 Å². The number of hydrogen-bond donors (Lipinski definition) is 1. The molecule has 0 saturated heterocycles. The maximum Gasteiger partial charge on any atom is 0.123 e. The molecule has 0 saturated carbocycles. The molecule has 1 N–H and O–H groups in total. The molecule has 0 unspecified atom stereocenters. The second-order valence-electron chi connectivity index (χ2n) is 7.69. The molecule has 0 fully saturated rings. The molecule has 4 nitrogen and oxygen atoms in total. The van der Waals surface area contributed by atoms with Crippen LogP contribution in [0.25, 0.3) is 0 Å². The number of aliphatic hydroxyl groups is 1. The van der Waals surface area contributed by atoms with Gasteiger partial charge in [0, 0.05) is 25.2 Å². The molecule has 0 aliphatic rings. The minimum atomic E-state index is -0.626. The van der Waals surface area contributed by atoms with Crippen molar-refractivity contribution in [2.24, 2.45) is 0 Å². The van der Waals surface area contributed by atoms with E-state index >= 15 is 0 Å². The van der Waals surface area contributed by atoms with Gasteiger partial charge in [0.15, 0.2) is 0 Å². The normalized spacial score (nSPS) is 13.0. The molecule has 0 aliphatic carbocycles. The summed E-state index contributed by atoms with van der Waals surface area (Å²) in [7, 11) is 1.65. The number of nitrogens with zero attached hydrogens (tertiary/aromatic N) is 1. The summed E-state index contributed by atoms with van der Waals surface area (Å²) in [4.78, 5) is 2.11. The second kappa shape index (κ2) is 9.83. The molecule has 0 aromatic heterocycles. The van der Waals surface area contributed by atoms with Crippen molar-refractivity contribution in [3.8, 4) is 5.75 Å². The van der Waals surface area contributed by atoms with Crippen molar-refractivity contribution >= 4 is 0 Å². The number of para-hydroxylation sites is 1. The Labute approximate surface area is 161 Å². The quantitative estimate of drug-likeness (QED) is 0.719. The molecule has 2 aromatic rings. The van der Waals surface area contributed by atoms with Crippen LogP contribution in [0.2, 0.25) is 0 Å². The van der Waals surface area contributed by atoms with E-state index in [4.69, 9.17) is 9.47 Å². The van der Waals surface area contributed by atoms with Crippen molar-refractivity contribution in [3.05, 3.63) is 65.5 Å². The van der Waals surface area contributed by atoms with Gasteiger partial charge in [-0.3, -0.25) is 4.90 Å². The number of ether oxygens (including phenoxy) is 2. The molecule has 2 rings (SSSR count). The molecule has 1 atom stereocenters. The van der Waals surface area contributed by atoms with E-state index < -0.39 is 6.10 Å². The number of benzene rings is 2. The van der Waals surface area contributed by atoms with E-state index in [9.17, 15) is 9.50 Å². The monoisotopic (exact) mass is 375 g/mol. The standard InChI is InChI=1S/C22H30FNO3/c1-22(2,3)27-16-20(25)15-24(13-17-9-11-19(23)12-10-17)14-18-7-5-6-8-21(18)26-4/h5-12,20,25H,13-16H2,1-4H3/t20-/m0/s1. The Morgan fingerprint density at radius 3 is 2.33 bits per heavy atom. The van der Waals surface area contributed by atoms with Crippen LogP contribution in [0.5, 0.6) is 5.75 Å². The first kappa shape index (κ1) is 21.4. The van der Waals surface area contributed by atoms with E-state index in [2.05, 4.69) is 4.90 Å². The second-order valence-corrected chi connectivity index (χ2v) is 7.69. The van der Waals surface area contributed by atoms with Crippen LogP contribution < -0.4 is 4.74 Å². The Hall–Kier alpha value is -1.95. The number of rotatable bonds is 9. The van der Waals surface area contributed by atoms with E-state index in [1.54, 1.807) is 19.2 Å². The number of methoxy groups -OCH3 is 1. The third-order valence-electron chi connectivity index (χ3n) is 4.08. The average molecular weight is 375 g/mol. The van der Waals surface area contributed by atoms with Crippen LogP contribution in [0, 0.1) is 5.82 Å². The summed E-state index contributed by atoms with van der Waals surface area (Å²) in [5.74, 6) is 0.552. The maximum absolute atomic E-state index is 13.2. The molecule has 148 valence electrons. The minimum Gasteiger partial charge on any atom is -0.496 e. The fraction of sp³-hybridized carbons (Fsp3) is 0.455. The largest absolute Gasteiger partial charge is 0.496 e. The smallest absolute Gasteiger partial charge is 0.123 e. The van der Waals surface area contributed by atoms with E-state index in [1.807, 2.05) is 45.0 Å². The van der Waals surface area contributed by atoms with Gasteiger partial charge in [0.2, 0.25) is 0 Å². The van der Waals surface area contributed by atoms with E-state index in [-0.39, 0.29) is 18.0 Å². The molecule has 0 aliphatic heterocycles. The zero-order valence-corrected chi connectivity index (χ0v) is 16.6. The number of halogens is 1. The zero-order chi connectivity index (χ0) is 19.9. The van der Waals surface area contributed by atoms with Crippen molar-refractivity contribution in [2.45, 2.75) is 45.6 Å². The highest BCUT2D eigenvalue weighted by atomic mass is 19.1. The van der Waals surface area contributed by atoms with Gasteiger partial charge >= 0.3 is 0 Å². The Morgan fingerprint density at radius 1 is 1.04 bits per heavy atom. The van der Waals surface area contributed by atoms with Crippen molar-refractivity contribution in [1.82, 2.24) is 4.90 Å². The first-order valence-corrected chi connectivity index (χ1v) is 9.17. The molecular formula is C22H30FNO3. The van der Waals surface area contributed by atoms with Crippen LogP contribution in [0.15, 0.2) is 48.5 Å². The van der Waals surface area contributed by atoms with Gasteiger partial charge in [0.05, 0.1) is 25.4 Å². The minimum absolute atomic E-state index is 0.256. The predicted octanol–water partition coefficient (Wildman–Crippen LogP) is 4.01. The van der Waals surface area contributed by atoms with Gasteiger partial charge < -0.3 is 14.6 Å². The number of hydrogen-bond acceptors (Lipinski definition) is 4. The Bertz CT molecular complexity index is 697. The lowest BCUT2D eigenvalue weighted by Gasteiger charge is -2.28. The molecule has 0 radical (unpaired) electrons. The topological polar surface area (TPSA) is 41.9 Å². The van der Waals surface area contributed by atoms with Gasteiger partial charge in [-0.1, -0.05) is 30.3 Å². The molecular weight excluding hydrogens is 345 g/mol. The molecule has 0 heterocycles. The average Bonchev–Trinajstić information content (AvgIpc) is 2.62. The first-order chi connectivity index (χ1) is 12.8. The van der Waals surface area contributed by atoms with Gasteiger partial charge in [0.1, 0.15) is 11.6 Å². The molecule has 0 amide bonds. The Balaban J connectivity index is 2.10. The summed E-state index contributed by atoms with van der Waals surface area (Å²) < 4.78 is 24.4. The van der Waals surface area contributed by atoms with Crippen molar-refractivity contribution < 1.29 is 19.0 Å². The van der Waals surface area contributed by atoms with Crippen LogP contribution in [-0.4, -0.2) is 42.0 Å². The molecule has 27 heavy (non-hydrogen) atoms. The van der Waals surface area contributed by atoms with Crippen LogP contribution in [-0.2, 0) is 17.8 Å². The maximum atomic E-state index is 13.2. The zero-order valence-electron chi connectivity index (χ0n) is 16.6. The SMILES string of the molecule is COc1ccccc1CN(Cc1ccc(F)cc1)C[C@H](O)COC(C)(C)C. The Kier molecular flexibility index (Phi) is 7.78. The van der Waals surface area contributed by atoms with Gasteiger partial charge in [-0.15, -0.1) is 0 Å². The number of aliphatic hydroxyl groups excluding tert-OH is 1. The molecule has 0 bridgehead atoms. The molecule has 5 heteroatoms. The van der Waals surface area contributed by atoms with Gasteiger partial charge in [-0.05, 0) is 44.5 Å². The summed E-state index contributed by atoms with van der Waals surface area (Å²) in [6.07, 6.45) is -0.626. The van der Waals surface area contributed by atoms with Crippen molar-refractivity contribution in [3.63, 3.8) is 0 Å². The van der Waals surface area contributed by atoms with Crippen LogP contribution in [0.3, 0.4) is 0 Å². The summed E-state index contributed by atoms with van der Waals surface area (Å²) >= 11 is 0. The lowest BCUT2D eigenvalue weighted by molar-refractivity contribution is -0.0573. The van der Waals surface area contributed by atoms with E-state index in [0.29, 0.717) is 19.6 Å². The lowest BCUT2D eigenvalue weighted by Crippen LogP contribution is -2.36. The fourth-order valence-electron chi connectivity index (χ4n) is 2.80. The van der Waals surface area contributed by atoms with Gasteiger partial charge in [0.25, 0.3) is 0 Å². The van der Waals surface area contributed by atoms with Gasteiger partial charge in [-0.2, -0.15) is 0 Å². The first-order valence-electron chi connectivity index (χ1n) is 9.17. The summed E-state index contributed by atoms with van der Waals surface area (Å²) in [6.45, 7) is 7.78. The molecule has 2 aromatic carbocycles. The van der Waals surface area contributed by atoms with Crippen LogP contribution in [0.1, 0.15) is 31.9 Å². The van der Waals surface area contributed by atoms with Crippen molar-refractivity contribution in [1.29, 1.82) is 0 Å². The third-order valence-corrected chi connectivity index (χ3v) is 4.08. The highest BCUT2D eigenvalue weighted by Gasteiger charge is 2.18. The summed E-state index contributed by atoms with van der Waals surface area (Å²) in [5, 5.41) is 10.5. The van der Waals surface area contributed by atoms with E-state index in [0.717, 1.165) is 16.9 Å². The summed E-state index contributed by atoms with van der Waals surface area (Å²) in [6, 6.07) is 14.3. The molecule has 0 spiro atoms. The highest BCUT2D eigenvalue weighted by Crippen LogP contribution is 2.21.